The van der Waals surface area contributed by atoms with E-state index in [1.54, 1.807) is 12.1 Å². The van der Waals surface area contributed by atoms with Crippen LogP contribution in [-0.2, 0) is 16.0 Å². The van der Waals surface area contributed by atoms with Crippen LogP contribution in [-0.4, -0.2) is 29.7 Å². The van der Waals surface area contributed by atoms with Crippen LogP contribution in [0.25, 0.3) is 0 Å². The van der Waals surface area contributed by atoms with E-state index in [2.05, 4.69) is 0 Å². The van der Waals surface area contributed by atoms with Gasteiger partial charge < -0.3 is 4.90 Å². The number of nitriles is 1. The van der Waals surface area contributed by atoms with Crippen LogP contribution < -0.4 is 0 Å². The highest BCUT2D eigenvalue weighted by Crippen LogP contribution is 2.48. The lowest BCUT2D eigenvalue weighted by molar-refractivity contribution is -0.132. The molecule has 5 heteroatoms. The lowest BCUT2D eigenvalue weighted by Gasteiger charge is -2.38. The second-order valence-electron chi connectivity index (χ2n) is 8.83. The summed E-state index contributed by atoms with van der Waals surface area (Å²) in [7, 11) is 0. The predicted octanol–water partition coefficient (Wildman–Crippen LogP) is 3.52. The van der Waals surface area contributed by atoms with Crippen molar-refractivity contribution in [2.75, 3.05) is 13.1 Å². The highest BCUT2D eigenvalue weighted by molar-refractivity contribution is 6.03. The van der Waals surface area contributed by atoms with Gasteiger partial charge in [0, 0.05) is 23.9 Å². The molecule has 1 saturated heterocycles. The second kappa shape index (κ2) is 6.02. The summed E-state index contributed by atoms with van der Waals surface area (Å²) in [4.78, 5) is 27.4. The Labute approximate surface area is 158 Å². The molecule has 1 heterocycles. The number of nitrogens with zero attached hydrogens (tertiary/aromatic N) is 2. The smallest absolute Gasteiger partial charge is 0.230 e. The molecule has 0 saturated carbocycles. The Balaban J connectivity index is 1.59. The minimum absolute atomic E-state index is 0.0397. The van der Waals surface area contributed by atoms with E-state index in [0.29, 0.717) is 37.9 Å². The molecule has 3 aliphatic rings. The maximum atomic E-state index is 14.0. The molecule has 2 aliphatic carbocycles. The van der Waals surface area contributed by atoms with Crippen LogP contribution in [0.2, 0.25) is 0 Å². The van der Waals surface area contributed by atoms with Crippen molar-refractivity contribution in [2.45, 2.75) is 45.4 Å². The van der Waals surface area contributed by atoms with Crippen molar-refractivity contribution in [3.8, 4) is 6.07 Å². The first-order valence-corrected chi connectivity index (χ1v) is 9.50. The van der Waals surface area contributed by atoms with Crippen molar-refractivity contribution >= 4 is 11.7 Å². The average molecular weight is 366 g/mol. The highest BCUT2D eigenvalue weighted by Gasteiger charge is 2.49. The molecule has 1 unspecified atom stereocenters. The molecule has 1 aliphatic heterocycles. The van der Waals surface area contributed by atoms with Gasteiger partial charge in [0.15, 0.2) is 5.78 Å². The van der Waals surface area contributed by atoms with E-state index in [4.69, 9.17) is 0 Å². The fourth-order valence-corrected chi connectivity index (χ4v) is 5.26. The molecular weight excluding hydrogens is 343 g/mol. The van der Waals surface area contributed by atoms with Crippen LogP contribution in [0.5, 0.6) is 0 Å². The number of hydrogen-bond acceptors (Lipinski definition) is 3. The maximum absolute atomic E-state index is 14.0. The first-order chi connectivity index (χ1) is 12.8. The topological polar surface area (TPSA) is 61.2 Å². The molecule has 1 amide bonds. The molecule has 0 N–H and O–H groups in total. The molecule has 1 aromatic rings. The Hall–Kier alpha value is -2.48. The van der Waals surface area contributed by atoms with E-state index >= 15 is 0 Å². The normalized spacial score (nSPS) is 28.8. The van der Waals surface area contributed by atoms with Crippen LogP contribution in [0.3, 0.4) is 0 Å². The molecule has 4 rings (SSSR count). The van der Waals surface area contributed by atoms with Crippen molar-refractivity contribution in [1.82, 2.24) is 4.90 Å². The lowest BCUT2D eigenvalue weighted by Crippen LogP contribution is -2.41. The van der Waals surface area contributed by atoms with Gasteiger partial charge >= 0.3 is 0 Å². The van der Waals surface area contributed by atoms with Crippen LogP contribution in [0, 0.1) is 28.0 Å². The summed E-state index contributed by atoms with van der Waals surface area (Å²) >= 11 is 0. The Morgan fingerprint density at radius 2 is 2.15 bits per heavy atom. The summed E-state index contributed by atoms with van der Waals surface area (Å²) in [5, 5.41) is 9.37. The SMILES string of the molecule is CC1(C)C[C@]2(C=C(C#N)C1=O)CCN(C(=O)C1CCc3c(F)cccc31)C2. The number of amides is 1. The number of carbonyl (C=O) groups excluding carboxylic acids is 2. The van der Waals surface area contributed by atoms with E-state index in [0.717, 1.165) is 12.0 Å². The lowest BCUT2D eigenvalue weighted by atomic mass is 9.64. The highest BCUT2D eigenvalue weighted by atomic mass is 19.1. The quantitative estimate of drug-likeness (QED) is 0.764. The zero-order chi connectivity index (χ0) is 19.4. The summed E-state index contributed by atoms with van der Waals surface area (Å²) in [6, 6.07) is 7.02. The van der Waals surface area contributed by atoms with Gasteiger partial charge in [-0.15, -0.1) is 0 Å². The van der Waals surface area contributed by atoms with Gasteiger partial charge in [0.25, 0.3) is 0 Å². The van der Waals surface area contributed by atoms with Crippen LogP contribution in [0.1, 0.15) is 50.2 Å². The van der Waals surface area contributed by atoms with Crippen molar-refractivity contribution in [3.63, 3.8) is 0 Å². The predicted molar refractivity (Wildman–Crippen MR) is 98.2 cm³/mol. The Morgan fingerprint density at radius 1 is 1.37 bits per heavy atom. The number of ketones is 1. The number of rotatable bonds is 1. The van der Waals surface area contributed by atoms with Crippen molar-refractivity contribution in [3.05, 3.63) is 46.8 Å². The molecule has 4 nitrogen and oxygen atoms in total. The van der Waals surface area contributed by atoms with Crippen molar-refractivity contribution < 1.29 is 14.0 Å². The standard InChI is InChI=1S/C22H23FN2O2/c1-21(2)12-22(10-14(11-24)19(21)26)8-9-25(13-22)20(27)17-7-6-16-15(17)4-3-5-18(16)23/h3-5,10,17H,6-9,12-13H2,1-2H3/t17?,22-/m1/s1. The molecule has 1 fully saturated rings. The third-order valence-electron chi connectivity index (χ3n) is 6.43. The summed E-state index contributed by atoms with van der Waals surface area (Å²) in [5.41, 5.74) is 0.784. The van der Waals surface area contributed by atoms with E-state index < -0.39 is 5.41 Å². The molecular formula is C22H23FN2O2. The Kier molecular flexibility index (Phi) is 3.99. The van der Waals surface area contributed by atoms with Crippen LogP contribution in [0.4, 0.5) is 4.39 Å². The van der Waals surface area contributed by atoms with E-state index in [1.807, 2.05) is 30.9 Å². The Bertz CT molecular complexity index is 911. The Morgan fingerprint density at radius 3 is 2.89 bits per heavy atom. The molecule has 1 aromatic carbocycles. The fraction of sp³-hybridized carbons (Fsp3) is 0.500. The number of halogens is 1. The van der Waals surface area contributed by atoms with Crippen molar-refractivity contribution in [1.29, 1.82) is 5.26 Å². The van der Waals surface area contributed by atoms with Gasteiger partial charge in [-0.25, -0.2) is 4.39 Å². The maximum Gasteiger partial charge on any atom is 0.230 e. The summed E-state index contributed by atoms with van der Waals surface area (Å²) in [5.74, 6) is -0.586. The number of Topliss-reactive ketones (excluding diaryl/α,β-unsaturated/α-hetero) is 1. The van der Waals surface area contributed by atoms with Gasteiger partial charge in [0.05, 0.1) is 11.5 Å². The second-order valence-corrected chi connectivity index (χ2v) is 8.83. The number of allylic oxidation sites excluding steroid dienone is 1. The van der Waals surface area contributed by atoms with Gasteiger partial charge in [-0.1, -0.05) is 32.1 Å². The molecule has 1 spiro atoms. The molecule has 140 valence electrons. The van der Waals surface area contributed by atoms with Gasteiger partial charge in [-0.05, 0) is 42.9 Å². The van der Waals surface area contributed by atoms with E-state index in [-0.39, 0.29) is 34.4 Å². The summed E-state index contributed by atoms with van der Waals surface area (Å²) in [6.45, 7) is 4.89. The monoisotopic (exact) mass is 366 g/mol. The third kappa shape index (κ3) is 2.79. The minimum atomic E-state index is -0.595. The number of carbonyl (C=O) groups is 2. The summed E-state index contributed by atoms with van der Waals surface area (Å²) in [6.07, 6.45) is 4.43. The van der Waals surface area contributed by atoms with E-state index in [9.17, 15) is 19.2 Å². The first-order valence-electron chi connectivity index (χ1n) is 9.50. The number of hydrogen-bond donors (Lipinski definition) is 0. The van der Waals surface area contributed by atoms with Crippen molar-refractivity contribution in [2.24, 2.45) is 10.8 Å². The van der Waals surface area contributed by atoms with Crippen LogP contribution >= 0.6 is 0 Å². The third-order valence-corrected chi connectivity index (χ3v) is 6.43. The zero-order valence-electron chi connectivity index (χ0n) is 15.7. The van der Waals surface area contributed by atoms with E-state index in [1.165, 1.54) is 6.07 Å². The fourth-order valence-electron chi connectivity index (χ4n) is 5.26. The average Bonchev–Trinajstić information content (AvgIpc) is 3.23. The van der Waals surface area contributed by atoms with Gasteiger partial charge in [0.2, 0.25) is 5.91 Å². The number of benzene rings is 1. The zero-order valence-corrected chi connectivity index (χ0v) is 15.7. The molecule has 0 aromatic heterocycles. The van der Waals surface area contributed by atoms with Crippen LogP contribution in [0.15, 0.2) is 29.8 Å². The molecule has 0 bridgehead atoms. The molecule has 27 heavy (non-hydrogen) atoms. The molecule has 2 atom stereocenters. The minimum Gasteiger partial charge on any atom is -0.341 e. The largest absolute Gasteiger partial charge is 0.341 e. The molecule has 0 radical (unpaired) electrons. The summed E-state index contributed by atoms with van der Waals surface area (Å²) < 4.78 is 14.0. The number of likely N-dealkylation sites (tertiary alicyclic amines) is 1. The van der Waals surface area contributed by atoms with Gasteiger partial charge in [-0.3, -0.25) is 9.59 Å². The van der Waals surface area contributed by atoms with Gasteiger partial charge in [-0.2, -0.15) is 5.26 Å². The first kappa shape index (κ1) is 17.9. The van der Waals surface area contributed by atoms with Gasteiger partial charge in [0.1, 0.15) is 11.9 Å². The number of fused-ring (bicyclic) bond motifs is 1.